The van der Waals surface area contributed by atoms with Crippen molar-refractivity contribution in [1.29, 1.82) is 0 Å². The first kappa shape index (κ1) is 31.8. The first-order chi connectivity index (χ1) is 23.1. The van der Waals surface area contributed by atoms with Gasteiger partial charge in [-0.25, -0.2) is 4.72 Å². The second-order valence-corrected chi connectivity index (χ2v) is 16.7. The molecule has 2 bridgehead atoms. The minimum absolute atomic E-state index is 0.200. The quantitative estimate of drug-likeness (QED) is 0.443. The van der Waals surface area contributed by atoms with Crippen LogP contribution >= 0.6 is 0 Å². The third-order valence-corrected chi connectivity index (χ3v) is 13.5. The van der Waals surface area contributed by atoms with E-state index in [9.17, 15) is 18.0 Å². The number of nitrogens with zero attached hydrogens (tertiary/aromatic N) is 3. The van der Waals surface area contributed by atoms with E-state index in [1.54, 1.807) is 7.11 Å². The molecule has 4 atom stereocenters. The van der Waals surface area contributed by atoms with E-state index in [1.807, 2.05) is 7.05 Å². The van der Waals surface area contributed by atoms with Crippen LogP contribution in [0.2, 0.25) is 0 Å². The minimum atomic E-state index is -3.98. The van der Waals surface area contributed by atoms with Gasteiger partial charge in [0.1, 0.15) is 5.75 Å². The fourth-order valence-electron chi connectivity index (χ4n) is 9.73. The maximum Gasteiger partial charge on any atom is 0.303 e. The predicted octanol–water partition coefficient (Wildman–Crippen LogP) is 4.64. The zero-order valence-electron chi connectivity index (χ0n) is 28.4. The first-order valence-electron chi connectivity index (χ1n) is 17.7. The van der Waals surface area contributed by atoms with E-state index in [2.05, 4.69) is 49.9 Å². The van der Waals surface area contributed by atoms with E-state index >= 15 is 0 Å². The molecule has 0 spiro atoms. The van der Waals surface area contributed by atoms with Gasteiger partial charge in [-0.15, -0.1) is 0 Å². The van der Waals surface area contributed by atoms with Gasteiger partial charge in [0.2, 0.25) is 5.91 Å². The van der Waals surface area contributed by atoms with Crippen LogP contribution in [0.5, 0.6) is 5.75 Å². The Labute approximate surface area is 283 Å². The van der Waals surface area contributed by atoms with E-state index in [0.717, 1.165) is 81.9 Å². The molecule has 1 saturated carbocycles. The van der Waals surface area contributed by atoms with Crippen LogP contribution in [-0.4, -0.2) is 80.4 Å². The highest BCUT2D eigenvalue weighted by atomic mass is 32.2. The van der Waals surface area contributed by atoms with Crippen molar-refractivity contribution in [1.82, 2.24) is 23.8 Å². The van der Waals surface area contributed by atoms with Gasteiger partial charge in [-0.1, -0.05) is 37.5 Å². The molecule has 48 heavy (non-hydrogen) atoms. The molecule has 10 nitrogen and oxygen atoms in total. The fourth-order valence-corrected chi connectivity index (χ4v) is 10.3. The number of fused-ring (bicyclic) bond motifs is 8. The van der Waals surface area contributed by atoms with E-state index in [4.69, 9.17) is 4.74 Å². The second-order valence-electron chi connectivity index (χ2n) is 14.8. The summed E-state index contributed by atoms with van der Waals surface area (Å²) in [6, 6.07) is 7.45. The maximum atomic E-state index is 14.9. The predicted molar refractivity (Wildman–Crippen MR) is 185 cm³/mol. The van der Waals surface area contributed by atoms with Gasteiger partial charge in [0.05, 0.1) is 24.1 Å². The first-order valence-corrected chi connectivity index (χ1v) is 19.2. The molecule has 3 aliphatic carbocycles. The number of amides is 2. The van der Waals surface area contributed by atoms with E-state index in [-0.39, 0.29) is 29.8 Å². The Bertz CT molecular complexity index is 1890. The smallest absolute Gasteiger partial charge is 0.303 e. The molecule has 6 aliphatic rings. The number of nitrogens with one attached hydrogen (secondary N) is 2. The Kier molecular flexibility index (Phi) is 7.88. The highest BCUT2D eigenvalue weighted by Crippen LogP contribution is 2.56. The van der Waals surface area contributed by atoms with Crippen LogP contribution in [0.25, 0.3) is 10.9 Å². The summed E-state index contributed by atoms with van der Waals surface area (Å²) in [6.45, 7) is 0.444. The molecule has 2 amide bonds. The Morgan fingerprint density at radius 1 is 1.02 bits per heavy atom. The molecule has 11 heteroatoms. The monoisotopic (exact) mass is 673 g/mol. The number of piperidine rings is 1. The molecule has 4 heterocycles. The van der Waals surface area contributed by atoms with Crippen molar-refractivity contribution in [2.24, 2.45) is 5.92 Å². The van der Waals surface area contributed by atoms with Crippen molar-refractivity contribution in [3.05, 3.63) is 63.9 Å². The standard InChI is InChI=1S/C37H47N5O5S/c1-38-22-17-23-13-14-24(18-22)42(23)37(44)27-12-8-11-26-32(27)30-19-28-31(47-4)16-15-25(21-9-6-5-7-10-21)35(28)41(30)20-29-33(26)34(29)36(43)39-48(45,46)40(2)3/h8,11,15-16,19,21-24,27,32,38H,5-7,9-10,12-14,17-18,20H2,1-4H3,(H,39,43)/t22?,23?,24?,27-,32-/m1/s1. The molecule has 2 unspecified atom stereocenters. The molecule has 3 aliphatic heterocycles. The Morgan fingerprint density at radius 3 is 2.42 bits per heavy atom. The maximum absolute atomic E-state index is 14.9. The summed E-state index contributed by atoms with van der Waals surface area (Å²) in [4.78, 5) is 30.8. The number of ether oxygens (including phenoxy) is 1. The van der Waals surface area contributed by atoms with Crippen LogP contribution in [-0.2, 0) is 26.3 Å². The third-order valence-electron chi connectivity index (χ3n) is 12.1. The lowest BCUT2D eigenvalue weighted by molar-refractivity contribution is -0.141. The SMILES string of the molecule is CNC1CC2CCC(C1)N2C(=O)[C@@H]1CC=CC2=C3C(=C3C(=O)NS(=O)(=O)N(C)C)Cn3c(cc4c(OC)ccc(C5CCCCC5)c43)[C@H]21. The molecule has 0 radical (unpaired) electrons. The zero-order chi connectivity index (χ0) is 33.5. The van der Waals surface area contributed by atoms with E-state index in [0.29, 0.717) is 30.5 Å². The number of hydrogen-bond acceptors (Lipinski definition) is 6. The molecule has 8 rings (SSSR count). The lowest BCUT2D eigenvalue weighted by Gasteiger charge is -2.42. The number of carbonyl (C=O) groups is 2. The van der Waals surface area contributed by atoms with Crippen molar-refractivity contribution in [3.8, 4) is 5.75 Å². The van der Waals surface area contributed by atoms with Crippen LogP contribution in [0.4, 0.5) is 0 Å². The average Bonchev–Trinajstić information content (AvgIpc) is 3.63. The Balaban J connectivity index is 1.29. The van der Waals surface area contributed by atoms with Crippen molar-refractivity contribution in [2.75, 3.05) is 28.3 Å². The summed E-state index contributed by atoms with van der Waals surface area (Å²) >= 11 is 0. The highest BCUT2D eigenvalue weighted by molar-refractivity contribution is 7.87. The largest absolute Gasteiger partial charge is 0.496 e. The molecule has 2 aromatic rings. The topological polar surface area (TPSA) is 113 Å². The van der Waals surface area contributed by atoms with E-state index < -0.39 is 16.1 Å². The lowest BCUT2D eigenvalue weighted by Crippen LogP contribution is -2.53. The summed E-state index contributed by atoms with van der Waals surface area (Å²) < 4.78 is 37.1. The summed E-state index contributed by atoms with van der Waals surface area (Å²) in [5.41, 5.74) is 6.54. The normalized spacial score (nSPS) is 28.4. The molecule has 1 aromatic carbocycles. The molecule has 1 aromatic heterocycles. The number of methoxy groups -OCH3 is 1. The zero-order valence-corrected chi connectivity index (χ0v) is 29.2. The van der Waals surface area contributed by atoms with Crippen molar-refractivity contribution < 1.29 is 22.7 Å². The van der Waals surface area contributed by atoms with Gasteiger partial charge in [-0.05, 0) is 92.3 Å². The van der Waals surface area contributed by atoms with Crippen LogP contribution in [0.1, 0.15) is 87.3 Å². The van der Waals surface area contributed by atoms with Gasteiger partial charge in [0.15, 0.2) is 0 Å². The summed E-state index contributed by atoms with van der Waals surface area (Å²) in [5, 5.41) is 4.50. The molecule has 2 N–H and O–H groups in total. The highest BCUT2D eigenvalue weighted by Gasteiger charge is 2.51. The third kappa shape index (κ3) is 4.98. The molecule has 256 valence electrons. The van der Waals surface area contributed by atoms with Crippen LogP contribution in [0.3, 0.4) is 0 Å². The number of aromatic nitrogens is 1. The van der Waals surface area contributed by atoms with Crippen LogP contribution < -0.4 is 14.8 Å². The molecular weight excluding hydrogens is 627 g/mol. The van der Waals surface area contributed by atoms with Crippen LogP contribution in [0.15, 0.2) is 52.6 Å². The van der Waals surface area contributed by atoms with Crippen molar-refractivity contribution >= 4 is 32.9 Å². The number of allylic oxidation sites excluding steroid dienone is 4. The number of benzene rings is 1. The summed E-state index contributed by atoms with van der Waals surface area (Å²) in [7, 11) is 2.55. The van der Waals surface area contributed by atoms with Crippen molar-refractivity contribution in [2.45, 2.75) is 101 Å². The van der Waals surface area contributed by atoms with Gasteiger partial charge in [-0.3, -0.25) is 9.59 Å². The summed E-state index contributed by atoms with van der Waals surface area (Å²) in [6.07, 6.45) is 14.7. The minimum Gasteiger partial charge on any atom is -0.496 e. The van der Waals surface area contributed by atoms with Gasteiger partial charge in [-0.2, -0.15) is 12.7 Å². The summed E-state index contributed by atoms with van der Waals surface area (Å²) in [5.74, 6) is 0.217. The van der Waals surface area contributed by atoms with Gasteiger partial charge in [0.25, 0.3) is 5.91 Å². The number of rotatable bonds is 7. The van der Waals surface area contributed by atoms with Crippen LogP contribution in [0, 0.1) is 5.92 Å². The molecule has 2 saturated heterocycles. The fraction of sp³-hybridized carbons (Fsp3) is 0.568. The Hall–Kier alpha value is -3.41. The van der Waals surface area contributed by atoms with E-state index in [1.165, 1.54) is 38.9 Å². The number of carbonyl (C=O) groups excluding carboxylic acids is 2. The number of hydrogen-bond donors (Lipinski definition) is 2. The second kappa shape index (κ2) is 11.9. The van der Waals surface area contributed by atoms with Crippen molar-refractivity contribution in [3.63, 3.8) is 0 Å². The van der Waals surface area contributed by atoms with Gasteiger partial charge >= 0.3 is 10.2 Å². The molecule has 3 fully saturated rings. The lowest BCUT2D eigenvalue weighted by atomic mass is 9.75. The Morgan fingerprint density at radius 2 is 1.75 bits per heavy atom. The average molecular weight is 674 g/mol. The van der Waals surface area contributed by atoms with Gasteiger partial charge < -0.3 is 19.5 Å². The van der Waals surface area contributed by atoms with Gasteiger partial charge in [0, 0.05) is 55.8 Å². The molecular formula is C37H47N5O5S.